The van der Waals surface area contributed by atoms with Crippen LogP contribution in [0.5, 0.6) is 0 Å². The summed E-state index contributed by atoms with van der Waals surface area (Å²) >= 11 is 0. The maximum Gasteiger partial charge on any atom is 0.248 e. The maximum atomic E-state index is 11.6. The molecule has 1 fully saturated rings. The lowest BCUT2D eigenvalue weighted by Gasteiger charge is -2.32. The van der Waals surface area contributed by atoms with Gasteiger partial charge in [-0.1, -0.05) is 12.1 Å². The van der Waals surface area contributed by atoms with Gasteiger partial charge in [-0.05, 0) is 12.1 Å². The summed E-state index contributed by atoms with van der Waals surface area (Å²) in [4.78, 5) is 36.7. The predicted octanol–water partition coefficient (Wildman–Crippen LogP) is 0.304. The van der Waals surface area contributed by atoms with E-state index in [1.54, 1.807) is 29.2 Å². The molecule has 1 aromatic carbocycles. The molecule has 0 spiro atoms. The van der Waals surface area contributed by atoms with Crippen LogP contribution in [0.15, 0.2) is 24.3 Å². The molecule has 0 saturated carbocycles. The number of benzene rings is 1. The van der Waals surface area contributed by atoms with Crippen LogP contribution in [0.1, 0.15) is 10.4 Å². The van der Waals surface area contributed by atoms with Crippen molar-refractivity contribution < 1.29 is 14.4 Å². The Balaban J connectivity index is 2.32. The molecular weight excluding hydrogens is 220 g/mol. The number of imide groups is 1. The van der Waals surface area contributed by atoms with Gasteiger partial charge in [-0.25, -0.2) is 0 Å². The predicted molar refractivity (Wildman–Crippen MR) is 61.8 cm³/mol. The number of aldehydes is 1. The summed E-state index contributed by atoms with van der Waals surface area (Å²) in [6, 6.07) is 6.91. The molecule has 0 aromatic heterocycles. The molecule has 0 radical (unpaired) electrons. The molecule has 1 aliphatic rings. The molecule has 0 aliphatic carbocycles. The summed E-state index contributed by atoms with van der Waals surface area (Å²) in [5.41, 5.74) is 1.11. The van der Waals surface area contributed by atoms with Gasteiger partial charge in [0.05, 0.1) is 13.1 Å². The fourth-order valence-electron chi connectivity index (χ4n) is 1.78. The van der Waals surface area contributed by atoms with Crippen molar-refractivity contribution in [2.75, 3.05) is 25.0 Å². The lowest BCUT2D eigenvalue weighted by atomic mass is 10.1. The molecule has 5 nitrogen and oxygen atoms in total. The van der Waals surface area contributed by atoms with E-state index in [4.69, 9.17) is 0 Å². The van der Waals surface area contributed by atoms with Crippen molar-refractivity contribution in [1.29, 1.82) is 0 Å². The molecule has 1 aliphatic heterocycles. The fourth-order valence-corrected chi connectivity index (χ4v) is 1.78. The minimum absolute atomic E-state index is 0.118. The van der Waals surface area contributed by atoms with E-state index in [-0.39, 0.29) is 24.9 Å². The lowest BCUT2D eigenvalue weighted by Crippen LogP contribution is -2.52. The van der Waals surface area contributed by atoms with Gasteiger partial charge in [-0.2, -0.15) is 0 Å². The second kappa shape index (κ2) is 4.37. The van der Waals surface area contributed by atoms with Crippen LogP contribution in [0.2, 0.25) is 0 Å². The summed E-state index contributed by atoms with van der Waals surface area (Å²) in [7, 11) is 1.47. The fraction of sp³-hybridized carbons (Fsp3) is 0.250. The average Bonchev–Trinajstić information content (AvgIpc) is 2.35. The van der Waals surface area contributed by atoms with Gasteiger partial charge in [-0.15, -0.1) is 0 Å². The second-order valence-electron chi connectivity index (χ2n) is 3.88. The largest absolute Gasteiger partial charge is 0.352 e. The third-order valence-electron chi connectivity index (χ3n) is 2.80. The highest BCUT2D eigenvalue weighted by atomic mass is 16.2. The molecule has 1 saturated heterocycles. The van der Waals surface area contributed by atoms with Crippen molar-refractivity contribution in [3.8, 4) is 0 Å². The Kier molecular flexibility index (Phi) is 2.91. The zero-order valence-electron chi connectivity index (χ0n) is 9.42. The smallest absolute Gasteiger partial charge is 0.248 e. The van der Waals surface area contributed by atoms with Gasteiger partial charge in [0.25, 0.3) is 0 Å². The first-order chi connectivity index (χ1) is 8.13. The molecule has 5 heteroatoms. The summed E-state index contributed by atoms with van der Waals surface area (Å²) < 4.78 is 0. The number of likely N-dealkylation sites (N-methyl/N-ethyl adjacent to an activating group) is 1. The number of anilines is 1. The Labute approximate surface area is 98.6 Å². The van der Waals surface area contributed by atoms with Crippen LogP contribution in [0.3, 0.4) is 0 Å². The Morgan fingerprint density at radius 3 is 2.29 bits per heavy atom. The molecule has 88 valence electrons. The number of hydrogen-bond acceptors (Lipinski definition) is 4. The van der Waals surface area contributed by atoms with Crippen molar-refractivity contribution in [3.63, 3.8) is 0 Å². The number of nitrogens with zero attached hydrogens (tertiary/aromatic N) is 2. The van der Waals surface area contributed by atoms with Gasteiger partial charge < -0.3 is 4.90 Å². The summed E-state index contributed by atoms with van der Waals surface area (Å²) in [6.45, 7) is 0.236. The maximum absolute atomic E-state index is 11.6. The number of hydrogen-bond donors (Lipinski definition) is 0. The third kappa shape index (κ3) is 2.04. The van der Waals surface area contributed by atoms with Crippen LogP contribution in [0.4, 0.5) is 5.69 Å². The zero-order valence-corrected chi connectivity index (χ0v) is 9.42. The van der Waals surface area contributed by atoms with Crippen molar-refractivity contribution >= 4 is 23.8 Å². The van der Waals surface area contributed by atoms with E-state index in [0.717, 1.165) is 11.2 Å². The summed E-state index contributed by atoms with van der Waals surface area (Å²) in [5, 5.41) is 0. The molecule has 2 rings (SSSR count). The van der Waals surface area contributed by atoms with Gasteiger partial charge in [0, 0.05) is 18.3 Å². The van der Waals surface area contributed by atoms with Crippen LogP contribution in [0, 0.1) is 0 Å². The van der Waals surface area contributed by atoms with Crippen molar-refractivity contribution in [2.24, 2.45) is 0 Å². The molecule has 0 unspecified atom stereocenters. The highest BCUT2D eigenvalue weighted by molar-refractivity contribution is 6.03. The molecule has 2 amide bonds. The van der Waals surface area contributed by atoms with Crippen LogP contribution < -0.4 is 4.90 Å². The molecule has 0 N–H and O–H groups in total. The first-order valence-electron chi connectivity index (χ1n) is 5.22. The van der Waals surface area contributed by atoms with Crippen LogP contribution in [-0.2, 0) is 9.59 Å². The van der Waals surface area contributed by atoms with E-state index >= 15 is 0 Å². The average molecular weight is 232 g/mol. The van der Waals surface area contributed by atoms with Crippen LogP contribution in [-0.4, -0.2) is 43.1 Å². The van der Waals surface area contributed by atoms with Gasteiger partial charge >= 0.3 is 0 Å². The Morgan fingerprint density at radius 2 is 1.71 bits per heavy atom. The number of carbonyl (C=O) groups excluding carboxylic acids is 3. The molecule has 17 heavy (non-hydrogen) atoms. The van der Waals surface area contributed by atoms with E-state index in [2.05, 4.69) is 0 Å². The minimum Gasteiger partial charge on any atom is -0.352 e. The topological polar surface area (TPSA) is 57.7 Å². The Bertz CT molecular complexity index is 466. The second-order valence-corrected chi connectivity index (χ2v) is 3.88. The molecule has 1 heterocycles. The van der Waals surface area contributed by atoms with Crippen molar-refractivity contribution in [2.45, 2.75) is 0 Å². The van der Waals surface area contributed by atoms with E-state index < -0.39 is 0 Å². The standard InChI is InChI=1S/C12H12N2O3/c1-13-11(16)6-14(7-12(13)17)10-5-3-2-4-9(10)8-15/h2-5,8H,6-7H2,1H3. The highest BCUT2D eigenvalue weighted by Crippen LogP contribution is 2.20. The number of carbonyl (C=O) groups is 3. The van der Waals surface area contributed by atoms with E-state index in [1.807, 2.05) is 0 Å². The number of piperazine rings is 1. The first-order valence-corrected chi connectivity index (χ1v) is 5.22. The molecule has 0 bridgehead atoms. The van der Waals surface area contributed by atoms with Crippen molar-refractivity contribution in [1.82, 2.24) is 4.90 Å². The van der Waals surface area contributed by atoms with Gasteiger partial charge in [0.2, 0.25) is 11.8 Å². The van der Waals surface area contributed by atoms with Gasteiger partial charge in [0.15, 0.2) is 6.29 Å². The van der Waals surface area contributed by atoms with Gasteiger partial charge in [0.1, 0.15) is 0 Å². The number of rotatable bonds is 2. The normalized spacial score (nSPS) is 16.3. The van der Waals surface area contributed by atoms with Gasteiger partial charge in [-0.3, -0.25) is 19.3 Å². The Hall–Kier alpha value is -2.17. The minimum atomic E-state index is -0.262. The Morgan fingerprint density at radius 1 is 1.12 bits per heavy atom. The van der Waals surface area contributed by atoms with E-state index in [0.29, 0.717) is 11.3 Å². The van der Waals surface area contributed by atoms with Crippen LogP contribution in [0.25, 0.3) is 0 Å². The van der Waals surface area contributed by atoms with E-state index in [1.165, 1.54) is 7.05 Å². The first kappa shape index (κ1) is 11.3. The quantitative estimate of drug-likeness (QED) is 0.543. The molecular formula is C12H12N2O3. The zero-order chi connectivity index (χ0) is 12.4. The van der Waals surface area contributed by atoms with Crippen LogP contribution >= 0.6 is 0 Å². The lowest BCUT2D eigenvalue weighted by molar-refractivity contribution is -0.143. The summed E-state index contributed by atoms with van der Waals surface area (Å²) in [6.07, 6.45) is 0.725. The third-order valence-corrected chi connectivity index (χ3v) is 2.80. The molecule has 0 atom stereocenters. The SMILES string of the molecule is CN1C(=O)CN(c2ccccc2C=O)CC1=O. The number of amides is 2. The summed E-state index contributed by atoms with van der Waals surface area (Å²) in [5.74, 6) is -0.524. The monoisotopic (exact) mass is 232 g/mol. The van der Waals surface area contributed by atoms with Crippen molar-refractivity contribution in [3.05, 3.63) is 29.8 Å². The molecule has 1 aromatic rings. The number of para-hydroxylation sites is 1. The van der Waals surface area contributed by atoms with E-state index in [9.17, 15) is 14.4 Å². The highest BCUT2D eigenvalue weighted by Gasteiger charge is 2.28.